The smallest absolute Gasteiger partial charge is 0.131 e. The maximum atomic E-state index is 9.68. The van der Waals surface area contributed by atoms with Gasteiger partial charge in [-0.3, -0.25) is 4.90 Å². The molecule has 2 unspecified atom stereocenters. The second-order valence-corrected chi connectivity index (χ2v) is 6.66. The summed E-state index contributed by atoms with van der Waals surface area (Å²) < 4.78 is 0. The van der Waals surface area contributed by atoms with Crippen molar-refractivity contribution in [3.8, 4) is 0 Å². The van der Waals surface area contributed by atoms with E-state index in [-0.39, 0.29) is 12.5 Å². The molecule has 0 saturated carbocycles. The summed E-state index contributed by atoms with van der Waals surface area (Å²) in [5.41, 5.74) is 1.79. The van der Waals surface area contributed by atoms with E-state index in [0.29, 0.717) is 12.1 Å². The first-order chi connectivity index (χ1) is 10.1. The van der Waals surface area contributed by atoms with Crippen molar-refractivity contribution in [3.05, 3.63) is 17.7 Å². The fourth-order valence-corrected chi connectivity index (χ4v) is 3.61. The summed E-state index contributed by atoms with van der Waals surface area (Å²) in [5.74, 6) is 1.10. The van der Waals surface area contributed by atoms with Gasteiger partial charge in [-0.2, -0.15) is 0 Å². The Morgan fingerprint density at radius 3 is 2.76 bits per heavy atom. The highest BCUT2D eigenvalue weighted by Crippen LogP contribution is 2.31. The van der Waals surface area contributed by atoms with E-state index in [0.717, 1.165) is 30.3 Å². The van der Waals surface area contributed by atoms with Gasteiger partial charge >= 0.3 is 0 Å². The van der Waals surface area contributed by atoms with Crippen molar-refractivity contribution < 1.29 is 5.11 Å². The number of aliphatic hydroxyl groups excluding tert-OH is 1. The molecule has 116 valence electrons. The lowest BCUT2D eigenvalue weighted by atomic mass is 10.1. The van der Waals surface area contributed by atoms with Crippen molar-refractivity contribution in [3.63, 3.8) is 0 Å². The fraction of sp³-hybridized carbons (Fsp3) is 0.750. The van der Waals surface area contributed by atoms with Crippen LogP contribution >= 0.6 is 0 Å². The molecule has 2 saturated heterocycles. The monoisotopic (exact) mass is 290 g/mol. The number of aromatic nitrogens is 2. The van der Waals surface area contributed by atoms with E-state index in [2.05, 4.69) is 40.7 Å². The van der Waals surface area contributed by atoms with E-state index in [4.69, 9.17) is 0 Å². The van der Waals surface area contributed by atoms with Crippen LogP contribution in [0, 0.1) is 0 Å². The number of likely N-dealkylation sites (N-methyl/N-ethyl adjacent to an activating group) is 1. The van der Waals surface area contributed by atoms with Gasteiger partial charge in [0.25, 0.3) is 0 Å². The van der Waals surface area contributed by atoms with Gasteiger partial charge < -0.3 is 10.0 Å². The molecule has 0 radical (unpaired) electrons. The zero-order valence-electron chi connectivity index (χ0n) is 13.3. The number of hydrogen-bond donors (Lipinski definition) is 1. The normalized spacial score (nSPS) is 26.4. The number of anilines is 1. The zero-order valence-corrected chi connectivity index (χ0v) is 13.3. The first kappa shape index (κ1) is 14.7. The van der Waals surface area contributed by atoms with Crippen LogP contribution < -0.4 is 4.90 Å². The van der Waals surface area contributed by atoms with E-state index in [1.165, 1.54) is 19.3 Å². The second-order valence-electron chi connectivity index (χ2n) is 6.66. The molecule has 5 heteroatoms. The van der Waals surface area contributed by atoms with Crippen LogP contribution in [0.25, 0.3) is 0 Å². The summed E-state index contributed by atoms with van der Waals surface area (Å²) in [4.78, 5) is 14.0. The Kier molecular flexibility index (Phi) is 4.13. The van der Waals surface area contributed by atoms with E-state index >= 15 is 0 Å². The number of hydrogen-bond acceptors (Lipinski definition) is 5. The molecule has 1 aromatic rings. The molecule has 1 N–H and O–H groups in total. The number of nitrogens with zero attached hydrogens (tertiary/aromatic N) is 4. The summed E-state index contributed by atoms with van der Waals surface area (Å²) in [6.07, 6.45) is 5.69. The Bertz CT molecular complexity index is 505. The molecular weight excluding hydrogens is 264 g/mol. The van der Waals surface area contributed by atoms with Gasteiger partial charge in [0.05, 0.1) is 24.2 Å². The molecular formula is C16H26N4O. The minimum absolute atomic E-state index is 0.0159. The molecule has 1 aromatic heterocycles. The van der Waals surface area contributed by atoms with Crippen LogP contribution in [0.15, 0.2) is 6.20 Å². The summed E-state index contributed by atoms with van der Waals surface area (Å²) in [7, 11) is 2.25. The van der Waals surface area contributed by atoms with E-state index in [1.807, 2.05) is 6.20 Å². The number of rotatable bonds is 3. The van der Waals surface area contributed by atoms with Crippen LogP contribution in [0.5, 0.6) is 0 Å². The quantitative estimate of drug-likeness (QED) is 0.919. The second kappa shape index (κ2) is 5.89. The molecule has 2 atom stereocenters. The van der Waals surface area contributed by atoms with Crippen molar-refractivity contribution in [2.75, 3.05) is 25.0 Å². The van der Waals surface area contributed by atoms with Crippen LogP contribution in [0.2, 0.25) is 0 Å². The van der Waals surface area contributed by atoms with Gasteiger partial charge in [0.1, 0.15) is 5.82 Å². The van der Waals surface area contributed by atoms with Gasteiger partial charge in [0.2, 0.25) is 0 Å². The molecule has 0 amide bonds. The molecule has 3 heterocycles. The van der Waals surface area contributed by atoms with Crippen LogP contribution in [-0.2, 0) is 6.61 Å². The lowest BCUT2D eigenvalue weighted by Gasteiger charge is -2.28. The highest BCUT2D eigenvalue weighted by molar-refractivity contribution is 5.49. The Morgan fingerprint density at radius 2 is 2.05 bits per heavy atom. The minimum Gasteiger partial charge on any atom is -0.390 e. The van der Waals surface area contributed by atoms with Gasteiger partial charge in [0, 0.05) is 31.1 Å². The van der Waals surface area contributed by atoms with Gasteiger partial charge in [-0.25, -0.2) is 9.97 Å². The summed E-state index contributed by atoms with van der Waals surface area (Å²) in [5, 5.41) is 9.68. The van der Waals surface area contributed by atoms with Crippen molar-refractivity contribution >= 4 is 5.69 Å². The van der Waals surface area contributed by atoms with Crippen LogP contribution in [-0.4, -0.2) is 52.2 Å². The third-order valence-corrected chi connectivity index (χ3v) is 5.02. The summed E-state index contributed by atoms with van der Waals surface area (Å²) >= 11 is 0. The first-order valence-corrected chi connectivity index (χ1v) is 8.03. The van der Waals surface area contributed by atoms with Crippen LogP contribution in [0.3, 0.4) is 0 Å². The van der Waals surface area contributed by atoms with Gasteiger partial charge in [-0.15, -0.1) is 0 Å². The molecule has 2 aliphatic heterocycles. The van der Waals surface area contributed by atoms with E-state index in [1.54, 1.807) is 0 Å². The third-order valence-electron chi connectivity index (χ3n) is 5.02. The standard InChI is InChI=1S/C16H26N4O/c1-11(2)16-17-8-15(14(10-21)18-16)20-7-6-12-4-5-13(9-20)19(12)3/h8,11-13,21H,4-7,9-10H2,1-3H3. The highest BCUT2D eigenvalue weighted by Gasteiger charge is 2.35. The summed E-state index contributed by atoms with van der Waals surface area (Å²) in [6.45, 7) is 6.19. The predicted molar refractivity (Wildman–Crippen MR) is 83.4 cm³/mol. The van der Waals surface area contributed by atoms with E-state index in [9.17, 15) is 5.11 Å². The molecule has 0 aliphatic carbocycles. The van der Waals surface area contributed by atoms with Crippen molar-refractivity contribution in [2.24, 2.45) is 0 Å². The maximum absolute atomic E-state index is 9.68. The summed E-state index contributed by atoms with van der Waals surface area (Å²) in [6, 6.07) is 1.34. The molecule has 0 spiro atoms. The SMILES string of the molecule is CC(C)c1ncc(N2CCC3CCC(C2)N3C)c(CO)n1. The highest BCUT2D eigenvalue weighted by atomic mass is 16.3. The Morgan fingerprint density at radius 1 is 1.29 bits per heavy atom. The maximum Gasteiger partial charge on any atom is 0.131 e. The Labute approximate surface area is 127 Å². The predicted octanol–water partition coefficient (Wildman–Crippen LogP) is 1.77. The van der Waals surface area contributed by atoms with Gasteiger partial charge in [0.15, 0.2) is 0 Å². The minimum atomic E-state index is -0.0159. The lowest BCUT2D eigenvalue weighted by Crippen LogP contribution is -2.37. The van der Waals surface area contributed by atoms with Crippen molar-refractivity contribution in [1.29, 1.82) is 0 Å². The van der Waals surface area contributed by atoms with Crippen LogP contribution in [0.4, 0.5) is 5.69 Å². The molecule has 2 fully saturated rings. The average molecular weight is 290 g/mol. The van der Waals surface area contributed by atoms with Crippen LogP contribution in [0.1, 0.15) is 50.5 Å². The molecule has 3 rings (SSSR count). The molecule has 5 nitrogen and oxygen atoms in total. The molecule has 0 aromatic carbocycles. The number of fused-ring (bicyclic) bond motifs is 2. The van der Waals surface area contributed by atoms with Gasteiger partial charge in [-0.1, -0.05) is 13.8 Å². The van der Waals surface area contributed by atoms with Crippen molar-refractivity contribution in [1.82, 2.24) is 14.9 Å². The first-order valence-electron chi connectivity index (χ1n) is 8.03. The Hall–Kier alpha value is -1.20. The van der Waals surface area contributed by atoms with E-state index < -0.39 is 0 Å². The zero-order chi connectivity index (χ0) is 15.0. The molecule has 2 bridgehead atoms. The molecule has 2 aliphatic rings. The van der Waals surface area contributed by atoms with Gasteiger partial charge in [-0.05, 0) is 26.3 Å². The van der Waals surface area contributed by atoms with Crippen molar-refractivity contribution in [2.45, 2.75) is 57.7 Å². The molecule has 21 heavy (non-hydrogen) atoms. The lowest BCUT2D eigenvalue weighted by molar-refractivity contribution is 0.254. The largest absolute Gasteiger partial charge is 0.390 e. The number of aliphatic hydroxyl groups is 1. The topological polar surface area (TPSA) is 52.5 Å². The Balaban J connectivity index is 1.86. The average Bonchev–Trinajstić information content (AvgIpc) is 2.71. The third kappa shape index (κ3) is 2.77. The fourth-order valence-electron chi connectivity index (χ4n) is 3.61.